The number of sulfone groups is 1. The van der Waals surface area contributed by atoms with E-state index in [0.29, 0.717) is 32.4 Å². The summed E-state index contributed by atoms with van der Waals surface area (Å²) < 4.78 is 31.3. The number of benzene rings is 1. The maximum atomic E-state index is 12.6. The Bertz CT molecular complexity index is 1080. The first-order valence-corrected chi connectivity index (χ1v) is 13.4. The number of aryl methyl sites for hydroxylation is 1. The molecule has 0 saturated carbocycles. The lowest BCUT2D eigenvalue weighted by Gasteiger charge is -2.19. The van der Waals surface area contributed by atoms with Crippen molar-refractivity contribution in [2.75, 3.05) is 25.2 Å². The highest BCUT2D eigenvalue weighted by molar-refractivity contribution is 7.91. The van der Waals surface area contributed by atoms with Crippen LogP contribution in [0.5, 0.6) is 5.75 Å². The van der Waals surface area contributed by atoms with Crippen molar-refractivity contribution in [3.63, 3.8) is 0 Å². The summed E-state index contributed by atoms with van der Waals surface area (Å²) in [6, 6.07) is 8.01. The molecule has 0 spiro atoms. The van der Waals surface area contributed by atoms with Crippen LogP contribution in [0.25, 0.3) is 0 Å². The highest BCUT2D eigenvalue weighted by Crippen LogP contribution is 2.27. The van der Waals surface area contributed by atoms with Gasteiger partial charge in [-0.3, -0.25) is 9.48 Å². The topological polar surface area (TPSA) is 81.5 Å². The average molecular weight is 476 g/mol. The number of carbonyl (C=O) groups is 1. The fourth-order valence-corrected chi connectivity index (χ4v) is 5.92. The molecule has 0 N–H and O–H groups in total. The molecule has 3 rings (SSSR count). The number of hydrogen-bond acceptors (Lipinski definition) is 5. The van der Waals surface area contributed by atoms with Gasteiger partial charge in [-0.15, -0.1) is 0 Å². The molecule has 0 radical (unpaired) electrons. The molecule has 182 valence electrons. The van der Waals surface area contributed by atoms with Gasteiger partial charge in [-0.2, -0.15) is 5.10 Å². The molecule has 1 aliphatic heterocycles. The molecular weight excluding hydrogens is 438 g/mol. The Kier molecular flexibility index (Phi) is 7.56. The summed E-state index contributed by atoms with van der Waals surface area (Å²) in [5.41, 5.74) is 4.15. The normalized spacial score (nSPS) is 17.8. The van der Waals surface area contributed by atoms with Crippen molar-refractivity contribution < 1.29 is 17.9 Å². The fraction of sp³-hybridized carbons (Fsp3) is 0.600. The molecule has 1 unspecified atom stereocenters. The van der Waals surface area contributed by atoms with E-state index in [9.17, 15) is 13.2 Å². The van der Waals surface area contributed by atoms with E-state index in [4.69, 9.17) is 4.74 Å². The van der Waals surface area contributed by atoms with Gasteiger partial charge in [0.25, 0.3) is 0 Å². The van der Waals surface area contributed by atoms with Gasteiger partial charge in [0, 0.05) is 31.3 Å². The van der Waals surface area contributed by atoms with Crippen LogP contribution < -0.4 is 4.74 Å². The molecule has 2 aromatic rings. The molecule has 1 aliphatic rings. The van der Waals surface area contributed by atoms with E-state index in [1.54, 1.807) is 11.9 Å². The Morgan fingerprint density at radius 1 is 1.21 bits per heavy atom. The van der Waals surface area contributed by atoms with Crippen LogP contribution in [0.2, 0.25) is 0 Å². The second-order valence-corrected chi connectivity index (χ2v) is 12.4. The Morgan fingerprint density at radius 2 is 1.88 bits per heavy atom. The minimum absolute atomic E-state index is 0.0525. The molecule has 7 nitrogen and oxygen atoms in total. The largest absolute Gasteiger partial charge is 0.494 e. The van der Waals surface area contributed by atoms with Crippen molar-refractivity contribution in [3.8, 4) is 5.75 Å². The molecule has 2 heterocycles. The third-order valence-electron chi connectivity index (χ3n) is 6.37. The van der Waals surface area contributed by atoms with E-state index in [0.717, 1.165) is 22.7 Å². The first-order valence-electron chi connectivity index (χ1n) is 11.6. The van der Waals surface area contributed by atoms with Crippen LogP contribution in [0.1, 0.15) is 68.6 Å². The van der Waals surface area contributed by atoms with Gasteiger partial charge in [0.1, 0.15) is 5.75 Å². The Labute approximate surface area is 198 Å². The summed E-state index contributed by atoms with van der Waals surface area (Å²) >= 11 is 0. The Morgan fingerprint density at radius 3 is 2.45 bits per heavy atom. The molecule has 1 amide bonds. The molecule has 1 aromatic heterocycles. The van der Waals surface area contributed by atoms with Gasteiger partial charge in [0.15, 0.2) is 9.84 Å². The van der Waals surface area contributed by atoms with E-state index < -0.39 is 9.84 Å². The summed E-state index contributed by atoms with van der Waals surface area (Å²) in [6.45, 7) is 11.4. The van der Waals surface area contributed by atoms with Crippen molar-refractivity contribution >= 4 is 15.7 Å². The standard InChI is InChI=1S/C25H37N3O4S/c1-18-23(19(2)28(26-18)21-13-15-33(30,31)17-21)16-27(6)24(29)8-7-14-32-22-11-9-20(10-12-22)25(3,4)5/h9-12,21H,7-8,13-17H2,1-6H3. The molecule has 0 bridgehead atoms. The Balaban J connectivity index is 1.49. The zero-order valence-corrected chi connectivity index (χ0v) is 21.5. The lowest BCUT2D eigenvalue weighted by atomic mass is 9.87. The summed E-state index contributed by atoms with van der Waals surface area (Å²) in [7, 11) is -1.18. The van der Waals surface area contributed by atoms with E-state index >= 15 is 0 Å². The lowest BCUT2D eigenvalue weighted by Crippen LogP contribution is -2.27. The van der Waals surface area contributed by atoms with Crippen LogP contribution in [0, 0.1) is 13.8 Å². The number of hydrogen-bond donors (Lipinski definition) is 0. The third kappa shape index (κ3) is 6.37. The highest BCUT2D eigenvalue weighted by Gasteiger charge is 2.31. The van der Waals surface area contributed by atoms with E-state index in [1.807, 2.05) is 30.7 Å². The predicted octanol–water partition coefficient (Wildman–Crippen LogP) is 3.97. The summed E-state index contributed by atoms with van der Waals surface area (Å²) in [6.07, 6.45) is 1.64. The number of amides is 1. The van der Waals surface area contributed by atoms with E-state index in [2.05, 4.69) is 38.0 Å². The van der Waals surface area contributed by atoms with Gasteiger partial charge >= 0.3 is 0 Å². The van der Waals surface area contributed by atoms with Crippen molar-refractivity contribution in [1.29, 1.82) is 0 Å². The lowest BCUT2D eigenvalue weighted by molar-refractivity contribution is -0.130. The predicted molar refractivity (Wildman–Crippen MR) is 130 cm³/mol. The van der Waals surface area contributed by atoms with Crippen LogP contribution in [0.4, 0.5) is 0 Å². The zero-order valence-electron chi connectivity index (χ0n) is 20.7. The highest BCUT2D eigenvalue weighted by atomic mass is 32.2. The number of rotatable bonds is 8. The molecule has 8 heteroatoms. The smallest absolute Gasteiger partial charge is 0.222 e. The van der Waals surface area contributed by atoms with Crippen LogP contribution >= 0.6 is 0 Å². The van der Waals surface area contributed by atoms with Crippen LogP contribution in [-0.4, -0.2) is 54.2 Å². The average Bonchev–Trinajstić information content (AvgIpc) is 3.23. The second-order valence-electron chi connectivity index (χ2n) is 10.1. The monoisotopic (exact) mass is 475 g/mol. The van der Waals surface area contributed by atoms with Crippen LogP contribution in [0.15, 0.2) is 24.3 Å². The molecule has 1 aromatic carbocycles. The quantitative estimate of drug-likeness (QED) is 0.540. The van der Waals surface area contributed by atoms with Gasteiger partial charge in [-0.1, -0.05) is 32.9 Å². The molecule has 1 atom stereocenters. The maximum Gasteiger partial charge on any atom is 0.222 e. The maximum absolute atomic E-state index is 12.6. The SMILES string of the molecule is Cc1nn(C2CCS(=O)(=O)C2)c(C)c1CN(C)C(=O)CCCOc1ccc(C(C)(C)C)cc1. The van der Waals surface area contributed by atoms with Crippen molar-refractivity contribution in [1.82, 2.24) is 14.7 Å². The van der Waals surface area contributed by atoms with Gasteiger partial charge in [-0.25, -0.2) is 8.42 Å². The third-order valence-corrected chi connectivity index (χ3v) is 8.12. The zero-order chi connectivity index (χ0) is 24.4. The molecule has 1 saturated heterocycles. The fourth-order valence-electron chi connectivity index (χ4n) is 4.23. The Hall–Kier alpha value is -2.35. The van der Waals surface area contributed by atoms with Gasteiger partial charge in [-0.05, 0) is 49.8 Å². The molecular formula is C25H37N3O4S. The summed E-state index contributed by atoms with van der Waals surface area (Å²) in [4.78, 5) is 14.4. The van der Waals surface area contributed by atoms with E-state index in [-0.39, 0.29) is 28.9 Å². The molecule has 33 heavy (non-hydrogen) atoms. The van der Waals surface area contributed by atoms with Crippen LogP contribution in [-0.2, 0) is 26.6 Å². The first-order chi connectivity index (χ1) is 15.4. The van der Waals surface area contributed by atoms with Gasteiger partial charge < -0.3 is 9.64 Å². The summed E-state index contributed by atoms with van der Waals surface area (Å²) in [5, 5.41) is 4.59. The number of ether oxygens (including phenoxy) is 1. The first kappa shape index (κ1) is 25.3. The minimum atomic E-state index is -2.98. The van der Waals surface area contributed by atoms with Crippen LogP contribution in [0.3, 0.4) is 0 Å². The van der Waals surface area contributed by atoms with Crippen molar-refractivity contribution in [2.24, 2.45) is 0 Å². The second kappa shape index (κ2) is 9.87. The van der Waals surface area contributed by atoms with E-state index in [1.165, 1.54) is 5.56 Å². The number of aromatic nitrogens is 2. The molecule has 0 aliphatic carbocycles. The van der Waals surface area contributed by atoms with Gasteiger partial charge in [0.2, 0.25) is 5.91 Å². The van der Waals surface area contributed by atoms with Gasteiger partial charge in [0.05, 0.1) is 29.8 Å². The minimum Gasteiger partial charge on any atom is -0.494 e. The molecule has 1 fully saturated rings. The van der Waals surface area contributed by atoms with Crippen molar-refractivity contribution in [3.05, 3.63) is 46.8 Å². The number of nitrogens with zero attached hydrogens (tertiary/aromatic N) is 3. The van der Waals surface area contributed by atoms with Crippen molar-refractivity contribution in [2.45, 2.75) is 71.9 Å². The summed E-state index contributed by atoms with van der Waals surface area (Å²) in [5.74, 6) is 1.22. The number of carbonyl (C=O) groups excluding carboxylic acids is 1.